The van der Waals surface area contributed by atoms with Gasteiger partial charge in [-0.15, -0.1) is 0 Å². The van der Waals surface area contributed by atoms with Gasteiger partial charge >= 0.3 is 0 Å². The summed E-state index contributed by atoms with van der Waals surface area (Å²) >= 11 is 0. The number of ether oxygens (including phenoxy) is 3. The molecule has 1 aromatic carbocycles. The van der Waals surface area contributed by atoms with Crippen LogP contribution in [-0.4, -0.2) is 45.8 Å². The second kappa shape index (κ2) is 6.04. The number of rotatable bonds is 4. The topological polar surface area (TPSA) is 56.8 Å². The quantitative estimate of drug-likeness (QED) is 0.829. The largest absolute Gasteiger partial charge is 0.496 e. The van der Waals surface area contributed by atoms with Crippen LogP contribution in [0.3, 0.4) is 0 Å². The van der Waals surface area contributed by atoms with E-state index in [1.807, 2.05) is 6.92 Å². The Kier molecular flexibility index (Phi) is 4.39. The fourth-order valence-electron chi connectivity index (χ4n) is 2.27. The second-order valence-electron chi connectivity index (χ2n) is 4.42. The van der Waals surface area contributed by atoms with Crippen molar-refractivity contribution in [3.8, 4) is 11.5 Å². The molecule has 1 aliphatic rings. The molecule has 5 heteroatoms. The van der Waals surface area contributed by atoms with E-state index in [1.54, 1.807) is 26.4 Å². The van der Waals surface area contributed by atoms with Crippen LogP contribution in [0.25, 0.3) is 0 Å². The number of benzene rings is 1. The first-order chi connectivity index (χ1) is 9.19. The summed E-state index contributed by atoms with van der Waals surface area (Å²) in [6.07, 6.45) is 0. The average molecular weight is 265 g/mol. The summed E-state index contributed by atoms with van der Waals surface area (Å²) in [7, 11) is 3.16. The highest BCUT2D eigenvalue weighted by molar-refractivity contribution is 6.03. The Morgan fingerprint density at radius 3 is 2.74 bits per heavy atom. The van der Waals surface area contributed by atoms with Gasteiger partial charge in [-0.25, -0.2) is 0 Å². The van der Waals surface area contributed by atoms with Crippen molar-refractivity contribution in [1.82, 2.24) is 5.32 Å². The lowest BCUT2D eigenvalue weighted by Gasteiger charge is -2.24. The van der Waals surface area contributed by atoms with Gasteiger partial charge < -0.3 is 19.5 Å². The van der Waals surface area contributed by atoms with E-state index >= 15 is 0 Å². The Labute approximate surface area is 112 Å². The number of Topliss-reactive ketones (excluding diaryl/α,β-unsaturated/α-hetero) is 1. The van der Waals surface area contributed by atoms with Gasteiger partial charge in [0, 0.05) is 12.1 Å². The van der Waals surface area contributed by atoms with Crippen LogP contribution < -0.4 is 14.8 Å². The van der Waals surface area contributed by atoms with E-state index in [9.17, 15) is 4.79 Å². The van der Waals surface area contributed by atoms with Gasteiger partial charge in [-0.3, -0.25) is 4.79 Å². The molecule has 0 saturated carbocycles. The van der Waals surface area contributed by atoms with E-state index in [1.165, 1.54) is 0 Å². The molecule has 104 valence electrons. The summed E-state index contributed by atoms with van der Waals surface area (Å²) in [5.41, 5.74) is 1.39. The third kappa shape index (κ3) is 2.72. The van der Waals surface area contributed by atoms with Gasteiger partial charge in [-0.2, -0.15) is 0 Å². The molecule has 1 unspecified atom stereocenters. The lowest BCUT2D eigenvalue weighted by atomic mass is 10.00. The number of carbonyl (C=O) groups is 1. The number of carbonyl (C=O) groups excluding carboxylic acids is 1. The minimum Gasteiger partial charge on any atom is -0.496 e. The van der Waals surface area contributed by atoms with Gasteiger partial charge in [-0.05, 0) is 19.1 Å². The van der Waals surface area contributed by atoms with Crippen molar-refractivity contribution in [2.45, 2.75) is 13.0 Å². The van der Waals surface area contributed by atoms with Crippen LogP contribution >= 0.6 is 0 Å². The first-order valence-electron chi connectivity index (χ1n) is 6.26. The standard InChI is InChI=1S/C14H19NO4/c1-9-12(17-2)5-4-10(14(9)18-3)13(16)11-8-19-7-6-15-11/h4-5,11,15H,6-8H2,1-3H3. The smallest absolute Gasteiger partial charge is 0.185 e. The molecule has 5 nitrogen and oxygen atoms in total. The van der Waals surface area contributed by atoms with E-state index < -0.39 is 0 Å². The minimum absolute atomic E-state index is 0.0118. The maximum atomic E-state index is 12.5. The van der Waals surface area contributed by atoms with Crippen LogP contribution in [0.15, 0.2) is 12.1 Å². The van der Waals surface area contributed by atoms with E-state index in [2.05, 4.69) is 5.32 Å². The average Bonchev–Trinajstić information content (AvgIpc) is 2.47. The Hall–Kier alpha value is -1.59. The minimum atomic E-state index is -0.310. The molecule has 0 aromatic heterocycles. The molecule has 19 heavy (non-hydrogen) atoms. The van der Waals surface area contributed by atoms with Crippen LogP contribution in [0.5, 0.6) is 11.5 Å². The van der Waals surface area contributed by atoms with Crippen LogP contribution in [0, 0.1) is 6.92 Å². The van der Waals surface area contributed by atoms with Gasteiger partial charge in [-0.1, -0.05) is 0 Å². The SMILES string of the molecule is COc1ccc(C(=O)C2COCCN2)c(OC)c1C. The normalized spacial score (nSPS) is 19.0. The van der Waals surface area contributed by atoms with E-state index in [0.29, 0.717) is 36.8 Å². The highest BCUT2D eigenvalue weighted by atomic mass is 16.5. The molecule has 0 aliphatic carbocycles. The monoisotopic (exact) mass is 265 g/mol. The zero-order valence-corrected chi connectivity index (χ0v) is 11.5. The lowest BCUT2D eigenvalue weighted by Crippen LogP contribution is -2.46. The molecule has 1 aromatic rings. The highest BCUT2D eigenvalue weighted by Crippen LogP contribution is 2.32. The number of nitrogens with one attached hydrogen (secondary N) is 1. The fraction of sp³-hybridized carbons (Fsp3) is 0.500. The summed E-state index contributed by atoms with van der Waals surface area (Å²) in [6, 6.07) is 3.22. The van der Waals surface area contributed by atoms with Crippen LogP contribution in [-0.2, 0) is 4.74 Å². The van der Waals surface area contributed by atoms with Crippen molar-refractivity contribution in [3.63, 3.8) is 0 Å². The molecule has 0 bridgehead atoms. The summed E-state index contributed by atoms with van der Waals surface area (Å²) in [4.78, 5) is 12.5. The Morgan fingerprint density at radius 2 is 2.16 bits per heavy atom. The van der Waals surface area contributed by atoms with Crippen LogP contribution in [0.1, 0.15) is 15.9 Å². The maximum absolute atomic E-state index is 12.5. The number of ketones is 1. The fourth-order valence-corrected chi connectivity index (χ4v) is 2.27. The van der Waals surface area contributed by atoms with Gasteiger partial charge in [0.05, 0.1) is 39.0 Å². The molecule has 0 amide bonds. The van der Waals surface area contributed by atoms with Gasteiger partial charge in [0.1, 0.15) is 11.5 Å². The van der Waals surface area contributed by atoms with Gasteiger partial charge in [0.25, 0.3) is 0 Å². The van der Waals surface area contributed by atoms with E-state index in [-0.39, 0.29) is 11.8 Å². The summed E-state index contributed by atoms with van der Waals surface area (Å²) in [5.74, 6) is 1.26. The predicted molar refractivity (Wildman–Crippen MR) is 71.2 cm³/mol. The number of methoxy groups -OCH3 is 2. The van der Waals surface area contributed by atoms with Crippen molar-refractivity contribution in [1.29, 1.82) is 0 Å². The lowest BCUT2D eigenvalue weighted by molar-refractivity contribution is 0.0605. The Balaban J connectivity index is 2.33. The third-order valence-electron chi connectivity index (χ3n) is 3.28. The second-order valence-corrected chi connectivity index (χ2v) is 4.42. The molecule has 1 saturated heterocycles. The summed E-state index contributed by atoms with van der Waals surface area (Å²) < 4.78 is 15.9. The molecule has 0 radical (unpaired) electrons. The van der Waals surface area contributed by atoms with Crippen molar-refractivity contribution < 1.29 is 19.0 Å². The molecule has 1 heterocycles. The Bertz CT molecular complexity index is 467. The van der Waals surface area contributed by atoms with Crippen molar-refractivity contribution in [2.24, 2.45) is 0 Å². The number of morpholine rings is 1. The molecule has 1 N–H and O–H groups in total. The van der Waals surface area contributed by atoms with E-state index in [0.717, 1.165) is 5.56 Å². The summed E-state index contributed by atoms with van der Waals surface area (Å²) in [5, 5.41) is 3.16. The zero-order chi connectivity index (χ0) is 13.8. The molecule has 1 aliphatic heterocycles. The third-order valence-corrected chi connectivity index (χ3v) is 3.28. The summed E-state index contributed by atoms with van der Waals surface area (Å²) in [6.45, 7) is 3.60. The number of hydrogen-bond donors (Lipinski definition) is 1. The van der Waals surface area contributed by atoms with Crippen LogP contribution in [0.4, 0.5) is 0 Å². The first-order valence-corrected chi connectivity index (χ1v) is 6.26. The van der Waals surface area contributed by atoms with Gasteiger partial charge in [0.15, 0.2) is 5.78 Å². The Morgan fingerprint density at radius 1 is 1.37 bits per heavy atom. The van der Waals surface area contributed by atoms with Crippen molar-refractivity contribution in [2.75, 3.05) is 34.0 Å². The van der Waals surface area contributed by atoms with E-state index in [4.69, 9.17) is 14.2 Å². The molecular weight excluding hydrogens is 246 g/mol. The molecular formula is C14H19NO4. The molecule has 1 atom stereocenters. The first kappa shape index (κ1) is 13.8. The molecule has 0 spiro atoms. The maximum Gasteiger partial charge on any atom is 0.185 e. The molecule has 1 fully saturated rings. The molecule has 2 rings (SSSR count). The zero-order valence-electron chi connectivity index (χ0n) is 11.5. The van der Waals surface area contributed by atoms with Gasteiger partial charge in [0.2, 0.25) is 0 Å². The van der Waals surface area contributed by atoms with Crippen LogP contribution in [0.2, 0.25) is 0 Å². The van der Waals surface area contributed by atoms with Crippen molar-refractivity contribution in [3.05, 3.63) is 23.3 Å². The predicted octanol–water partition coefficient (Wildman–Crippen LogP) is 1.18. The number of hydrogen-bond acceptors (Lipinski definition) is 5. The highest BCUT2D eigenvalue weighted by Gasteiger charge is 2.26. The van der Waals surface area contributed by atoms with Crippen molar-refractivity contribution >= 4 is 5.78 Å².